The fraction of sp³-hybridized carbons (Fsp3) is 0. The van der Waals surface area contributed by atoms with Gasteiger partial charge in [0.2, 0.25) is 11.6 Å². The maximum atomic E-state index is 3.93. The molecule has 0 aliphatic rings. The molecule has 6 heteroatoms. The molecular weight excluding hydrogens is 156 g/mol. The molecule has 0 radical (unpaired) electrons. The highest BCUT2D eigenvalue weighted by molar-refractivity contribution is 5.38. The summed E-state index contributed by atoms with van der Waals surface area (Å²) in [7, 11) is 0. The highest BCUT2D eigenvalue weighted by atomic mass is 15.3. The fourth-order valence-corrected chi connectivity index (χ4v) is 0.708. The Bertz CT molecular complexity index is 309. The summed E-state index contributed by atoms with van der Waals surface area (Å²) in [5.74, 6) is 0.760. The van der Waals surface area contributed by atoms with E-state index in [0.29, 0.717) is 11.6 Å². The maximum Gasteiger partial charge on any atom is 0.240 e. The second kappa shape index (κ2) is 2.95. The molecule has 12 heavy (non-hydrogen) atoms. The quantitative estimate of drug-likeness (QED) is 0.571. The van der Waals surface area contributed by atoms with Crippen molar-refractivity contribution >= 4 is 0 Å². The van der Waals surface area contributed by atoms with Crippen molar-refractivity contribution in [1.82, 2.24) is 30.4 Å². The Kier molecular flexibility index (Phi) is 1.65. The summed E-state index contributed by atoms with van der Waals surface area (Å²) in [5.41, 5.74) is 0. The van der Waals surface area contributed by atoms with Crippen molar-refractivity contribution in [3.05, 3.63) is 24.8 Å². The normalized spacial score (nSPS) is 9.67. The molecule has 58 valence electrons. The highest BCUT2D eigenvalue weighted by Gasteiger charge is 2.01. The van der Waals surface area contributed by atoms with Gasteiger partial charge in [0.15, 0.2) is 6.33 Å². The van der Waals surface area contributed by atoms with Crippen molar-refractivity contribution < 1.29 is 0 Å². The van der Waals surface area contributed by atoms with Crippen LogP contribution < -0.4 is 0 Å². The Hall–Kier alpha value is -1.98. The molecule has 0 saturated carbocycles. The molecule has 0 aromatic carbocycles. The van der Waals surface area contributed by atoms with Crippen LogP contribution in [0, 0.1) is 0 Å². The molecule has 0 amide bonds. The summed E-state index contributed by atoms with van der Waals surface area (Å²) >= 11 is 0. The van der Waals surface area contributed by atoms with Gasteiger partial charge in [-0.3, -0.25) is 0 Å². The Morgan fingerprint density at radius 2 is 1.50 bits per heavy atom. The topological polar surface area (TPSA) is 77.3 Å². The lowest BCUT2D eigenvalue weighted by molar-refractivity contribution is 0.851. The average molecular weight is 160 g/mol. The molecule has 2 aromatic heterocycles. The fourth-order valence-electron chi connectivity index (χ4n) is 0.708. The van der Waals surface area contributed by atoms with Gasteiger partial charge < -0.3 is 0 Å². The van der Waals surface area contributed by atoms with Gasteiger partial charge in [0.1, 0.15) is 0 Å². The van der Waals surface area contributed by atoms with Crippen LogP contribution in [0.1, 0.15) is 0 Å². The van der Waals surface area contributed by atoms with E-state index in [0.717, 1.165) is 0 Å². The first-order valence-electron chi connectivity index (χ1n) is 3.24. The van der Waals surface area contributed by atoms with Gasteiger partial charge in [-0.2, -0.15) is 0 Å². The molecule has 2 aromatic rings. The zero-order valence-corrected chi connectivity index (χ0v) is 5.99. The molecular formula is C6H4N6. The molecule has 0 aliphatic carbocycles. The van der Waals surface area contributed by atoms with Crippen LogP contribution in [-0.4, -0.2) is 30.4 Å². The van der Waals surface area contributed by atoms with E-state index in [-0.39, 0.29) is 0 Å². The summed E-state index contributed by atoms with van der Waals surface area (Å²) in [6.07, 6.45) is 4.48. The van der Waals surface area contributed by atoms with E-state index in [1.54, 1.807) is 18.5 Å². The van der Waals surface area contributed by atoms with Gasteiger partial charge in [0.25, 0.3) is 0 Å². The molecule has 6 nitrogen and oxygen atoms in total. The molecule has 2 rings (SSSR count). The molecule has 0 bridgehead atoms. The Morgan fingerprint density at radius 1 is 0.833 bits per heavy atom. The molecule has 2 heterocycles. The van der Waals surface area contributed by atoms with Crippen molar-refractivity contribution in [1.29, 1.82) is 0 Å². The molecule has 0 saturated heterocycles. The van der Waals surface area contributed by atoms with Crippen LogP contribution in [0.3, 0.4) is 0 Å². The first-order chi connectivity index (χ1) is 5.97. The van der Waals surface area contributed by atoms with Crippen molar-refractivity contribution in [3.8, 4) is 11.6 Å². The van der Waals surface area contributed by atoms with Crippen LogP contribution in [0.4, 0.5) is 0 Å². The number of hydrogen-bond acceptors (Lipinski definition) is 6. The maximum absolute atomic E-state index is 3.93. The van der Waals surface area contributed by atoms with Crippen LogP contribution in [0.5, 0.6) is 0 Å². The van der Waals surface area contributed by atoms with Crippen LogP contribution in [-0.2, 0) is 0 Å². The van der Waals surface area contributed by atoms with Crippen LogP contribution in [0.15, 0.2) is 24.8 Å². The number of hydrogen-bond donors (Lipinski definition) is 0. The second-order valence-corrected chi connectivity index (χ2v) is 1.94. The largest absolute Gasteiger partial charge is 0.240 e. The van der Waals surface area contributed by atoms with E-state index in [1.807, 2.05) is 0 Å². The van der Waals surface area contributed by atoms with Gasteiger partial charge in [0, 0.05) is 12.4 Å². The zero-order valence-electron chi connectivity index (χ0n) is 5.99. The lowest BCUT2D eigenvalue weighted by Gasteiger charge is -1.91. The summed E-state index contributed by atoms with van der Waals surface area (Å²) in [5, 5.41) is 14.5. The van der Waals surface area contributed by atoms with Crippen molar-refractivity contribution in [2.75, 3.05) is 0 Å². The number of nitrogens with zero attached hydrogens (tertiary/aromatic N) is 6. The van der Waals surface area contributed by atoms with E-state index < -0.39 is 0 Å². The molecule has 0 spiro atoms. The molecule has 0 aliphatic heterocycles. The van der Waals surface area contributed by atoms with E-state index >= 15 is 0 Å². The van der Waals surface area contributed by atoms with E-state index in [4.69, 9.17) is 0 Å². The van der Waals surface area contributed by atoms with Crippen LogP contribution in [0.25, 0.3) is 11.6 Å². The molecule has 0 unspecified atom stereocenters. The van der Waals surface area contributed by atoms with Gasteiger partial charge in [-0.1, -0.05) is 0 Å². The Balaban J connectivity index is 2.46. The summed E-state index contributed by atoms with van der Waals surface area (Å²) in [4.78, 5) is 7.87. The molecule has 0 fully saturated rings. The standard InChI is InChI=1S/C6H4N6/c1-2-7-5(8-3-1)6-11-9-4-10-12-6/h1-4H. The first-order valence-corrected chi connectivity index (χ1v) is 3.24. The van der Waals surface area contributed by atoms with Gasteiger partial charge >= 0.3 is 0 Å². The Morgan fingerprint density at radius 3 is 2.17 bits per heavy atom. The number of rotatable bonds is 1. The number of aromatic nitrogens is 6. The predicted molar refractivity (Wildman–Crippen MR) is 38.6 cm³/mol. The van der Waals surface area contributed by atoms with Crippen LogP contribution >= 0.6 is 0 Å². The van der Waals surface area contributed by atoms with E-state index in [2.05, 4.69) is 30.4 Å². The lowest BCUT2D eigenvalue weighted by atomic mass is 10.5. The minimum Gasteiger partial charge on any atom is -0.234 e. The van der Waals surface area contributed by atoms with Gasteiger partial charge in [-0.05, 0) is 6.07 Å². The predicted octanol–water partition coefficient (Wildman–Crippen LogP) is -0.276. The third-order valence-corrected chi connectivity index (χ3v) is 1.17. The van der Waals surface area contributed by atoms with Gasteiger partial charge in [0.05, 0.1) is 0 Å². The summed E-state index contributed by atoms with van der Waals surface area (Å²) in [6, 6.07) is 1.72. The van der Waals surface area contributed by atoms with Gasteiger partial charge in [-0.15, -0.1) is 20.4 Å². The lowest BCUT2D eigenvalue weighted by Crippen LogP contribution is -1.97. The summed E-state index contributed by atoms with van der Waals surface area (Å²) < 4.78 is 0. The van der Waals surface area contributed by atoms with Gasteiger partial charge in [-0.25, -0.2) is 9.97 Å². The SMILES string of the molecule is c1cnc(-c2nncnn2)nc1. The monoisotopic (exact) mass is 160 g/mol. The van der Waals surface area contributed by atoms with E-state index in [9.17, 15) is 0 Å². The average Bonchev–Trinajstić information content (AvgIpc) is 2.21. The minimum atomic E-state index is 0.332. The van der Waals surface area contributed by atoms with Crippen molar-refractivity contribution in [3.63, 3.8) is 0 Å². The molecule has 0 atom stereocenters. The second-order valence-electron chi connectivity index (χ2n) is 1.94. The molecule has 0 N–H and O–H groups in total. The first kappa shape index (κ1) is 6.71. The smallest absolute Gasteiger partial charge is 0.234 e. The summed E-state index contributed by atoms with van der Waals surface area (Å²) in [6.45, 7) is 0. The van der Waals surface area contributed by atoms with Crippen molar-refractivity contribution in [2.24, 2.45) is 0 Å². The Labute approximate surface area is 67.7 Å². The van der Waals surface area contributed by atoms with Crippen molar-refractivity contribution in [2.45, 2.75) is 0 Å². The third kappa shape index (κ3) is 1.22. The highest BCUT2D eigenvalue weighted by Crippen LogP contribution is 2.01. The zero-order chi connectivity index (χ0) is 8.23. The van der Waals surface area contributed by atoms with Crippen LogP contribution in [0.2, 0.25) is 0 Å². The third-order valence-electron chi connectivity index (χ3n) is 1.17. The minimum absolute atomic E-state index is 0.332. The van der Waals surface area contributed by atoms with E-state index in [1.165, 1.54) is 6.33 Å².